The fraction of sp³-hybridized carbons (Fsp3) is 0.529. The summed E-state index contributed by atoms with van der Waals surface area (Å²) in [4.78, 5) is 0. The van der Waals surface area contributed by atoms with E-state index in [9.17, 15) is 8.42 Å². The molecule has 1 saturated carbocycles. The van der Waals surface area contributed by atoms with E-state index in [2.05, 4.69) is 37.2 Å². The Morgan fingerprint density at radius 3 is 2.22 bits per heavy atom. The van der Waals surface area contributed by atoms with Gasteiger partial charge in [0.2, 0.25) is 0 Å². The van der Waals surface area contributed by atoms with Crippen LogP contribution in [0.1, 0.15) is 43.6 Å². The maximum Gasteiger partial charge on any atom is 0.144 e. The zero-order valence-corrected chi connectivity index (χ0v) is 17.2. The molecule has 3 nitrogen and oxygen atoms in total. The summed E-state index contributed by atoms with van der Waals surface area (Å²) in [6, 6.07) is 4.29. The summed E-state index contributed by atoms with van der Waals surface area (Å²) in [5.74, 6) is 1.71. The van der Waals surface area contributed by atoms with Crippen molar-refractivity contribution in [2.24, 2.45) is 0 Å². The smallest absolute Gasteiger partial charge is 0.144 e. The molecule has 1 aromatic carbocycles. The summed E-state index contributed by atoms with van der Waals surface area (Å²) < 4.78 is 25.2. The van der Waals surface area contributed by atoms with E-state index in [-0.39, 0.29) is 0 Å². The lowest BCUT2D eigenvalue weighted by Crippen LogP contribution is -2.18. The van der Waals surface area contributed by atoms with E-state index in [4.69, 9.17) is 4.74 Å². The first-order chi connectivity index (χ1) is 10.7. The number of ether oxygens (including phenoxy) is 1. The molecule has 130 valence electrons. The van der Waals surface area contributed by atoms with Crippen LogP contribution in [0.5, 0.6) is 5.75 Å². The van der Waals surface area contributed by atoms with Crippen LogP contribution in [-0.4, -0.2) is 27.5 Å². The van der Waals surface area contributed by atoms with Crippen molar-refractivity contribution in [2.45, 2.75) is 38.0 Å². The Bertz CT molecular complexity index is 613. The number of hydrogen-bond acceptors (Lipinski definition) is 3. The summed E-state index contributed by atoms with van der Waals surface area (Å²) in [6.07, 6.45) is 10.8. The Kier molecular flexibility index (Phi) is 8.75. The Balaban J connectivity index is 0.000000463. The Morgan fingerprint density at radius 1 is 1.17 bits per heavy atom. The van der Waals surface area contributed by atoms with Crippen LogP contribution in [0.15, 0.2) is 24.8 Å². The normalized spacial score (nSPS) is 15.5. The van der Waals surface area contributed by atoms with E-state index in [1.807, 2.05) is 6.08 Å². The molecule has 0 heterocycles. The highest BCUT2D eigenvalue weighted by Crippen LogP contribution is 2.37. The standard InChI is InChI=1S/C15H22OP2.C2H6O2S/c1-2-10-16-15-13(18)9-8-12(17)14(15)11-6-4-3-5-7-11;1-5(2,3)4/h2,8-9,11H,1,3-7,10,17-18H2;1-2H3. The van der Waals surface area contributed by atoms with Crippen molar-refractivity contribution in [3.05, 3.63) is 30.4 Å². The van der Waals surface area contributed by atoms with Gasteiger partial charge in [0.15, 0.2) is 0 Å². The van der Waals surface area contributed by atoms with Crippen molar-refractivity contribution in [1.29, 1.82) is 0 Å². The molecule has 1 aromatic rings. The minimum atomic E-state index is -2.67. The van der Waals surface area contributed by atoms with Crippen molar-refractivity contribution in [2.75, 3.05) is 19.1 Å². The van der Waals surface area contributed by atoms with Gasteiger partial charge in [0.1, 0.15) is 22.2 Å². The van der Waals surface area contributed by atoms with Crippen molar-refractivity contribution >= 4 is 38.9 Å². The van der Waals surface area contributed by atoms with Crippen LogP contribution in [0.25, 0.3) is 0 Å². The molecule has 0 radical (unpaired) electrons. The first-order valence-electron chi connectivity index (χ1n) is 7.80. The van der Waals surface area contributed by atoms with Gasteiger partial charge >= 0.3 is 0 Å². The third-order valence-corrected chi connectivity index (χ3v) is 4.58. The van der Waals surface area contributed by atoms with E-state index in [0.717, 1.165) is 23.6 Å². The zero-order chi connectivity index (χ0) is 17.5. The largest absolute Gasteiger partial charge is 0.489 e. The second-order valence-electron chi connectivity index (χ2n) is 6.06. The number of rotatable bonds is 4. The van der Waals surface area contributed by atoms with Crippen LogP contribution in [-0.2, 0) is 9.84 Å². The van der Waals surface area contributed by atoms with E-state index >= 15 is 0 Å². The molecule has 1 fully saturated rings. The summed E-state index contributed by atoms with van der Waals surface area (Å²) >= 11 is 0. The van der Waals surface area contributed by atoms with Gasteiger partial charge in [0.25, 0.3) is 0 Å². The van der Waals surface area contributed by atoms with E-state index in [1.54, 1.807) is 0 Å². The van der Waals surface area contributed by atoms with Gasteiger partial charge in [-0.2, -0.15) is 0 Å². The van der Waals surface area contributed by atoms with Gasteiger partial charge in [-0.25, -0.2) is 8.42 Å². The molecule has 0 aliphatic heterocycles. The van der Waals surface area contributed by atoms with Crippen LogP contribution >= 0.6 is 18.5 Å². The molecule has 23 heavy (non-hydrogen) atoms. The second-order valence-corrected chi connectivity index (χ2v) is 9.59. The Labute approximate surface area is 145 Å². The summed E-state index contributed by atoms with van der Waals surface area (Å²) in [6.45, 7) is 4.31. The highest BCUT2D eigenvalue weighted by Gasteiger charge is 2.22. The summed E-state index contributed by atoms with van der Waals surface area (Å²) in [5, 5.41) is 2.44. The fourth-order valence-corrected chi connectivity index (χ4v) is 3.55. The van der Waals surface area contributed by atoms with Crippen LogP contribution in [0.2, 0.25) is 0 Å². The zero-order valence-electron chi connectivity index (χ0n) is 14.0. The predicted octanol–water partition coefficient (Wildman–Crippen LogP) is 2.96. The second kappa shape index (κ2) is 9.77. The van der Waals surface area contributed by atoms with Crippen LogP contribution in [0.3, 0.4) is 0 Å². The molecular weight excluding hydrogens is 346 g/mol. The minimum absolute atomic E-state index is 0.579. The van der Waals surface area contributed by atoms with Gasteiger partial charge in [0.05, 0.1) is 0 Å². The lowest BCUT2D eigenvalue weighted by atomic mass is 9.83. The van der Waals surface area contributed by atoms with Crippen LogP contribution < -0.4 is 15.3 Å². The maximum absolute atomic E-state index is 9.63. The Morgan fingerprint density at radius 2 is 1.70 bits per heavy atom. The molecule has 6 heteroatoms. The number of hydrogen-bond donors (Lipinski definition) is 0. The fourth-order valence-electron chi connectivity index (χ4n) is 2.75. The average Bonchev–Trinajstić information content (AvgIpc) is 2.47. The number of sulfone groups is 1. The topological polar surface area (TPSA) is 43.4 Å². The molecule has 2 atom stereocenters. The average molecular weight is 374 g/mol. The van der Waals surface area contributed by atoms with Crippen molar-refractivity contribution in [1.82, 2.24) is 0 Å². The van der Waals surface area contributed by atoms with E-state index < -0.39 is 9.84 Å². The number of benzene rings is 1. The third kappa shape index (κ3) is 7.79. The Hall–Kier alpha value is -0.430. The molecule has 0 aromatic heterocycles. The summed E-state index contributed by atoms with van der Waals surface area (Å²) in [5.41, 5.74) is 1.40. The molecule has 0 N–H and O–H groups in total. The molecule has 1 aliphatic carbocycles. The molecule has 0 spiro atoms. The minimum Gasteiger partial charge on any atom is -0.489 e. The lowest BCUT2D eigenvalue weighted by Gasteiger charge is -2.26. The SMILES string of the molecule is C=CCOc1c(P)ccc(P)c1C1CCCCC1.CS(C)(=O)=O. The third-order valence-electron chi connectivity index (χ3n) is 3.62. The predicted molar refractivity (Wildman–Crippen MR) is 107 cm³/mol. The van der Waals surface area contributed by atoms with Gasteiger partial charge in [-0.3, -0.25) is 0 Å². The lowest BCUT2D eigenvalue weighted by molar-refractivity contribution is 0.352. The molecule has 0 bridgehead atoms. The molecule has 1 aliphatic rings. The highest BCUT2D eigenvalue weighted by molar-refractivity contribution is 7.89. The van der Waals surface area contributed by atoms with Gasteiger partial charge in [-0.1, -0.05) is 44.1 Å². The first kappa shape index (κ1) is 20.6. The molecule has 0 saturated heterocycles. The molecular formula is C17H28O3P2S. The van der Waals surface area contributed by atoms with E-state index in [0.29, 0.717) is 12.5 Å². The monoisotopic (exact) mass is 374 g/mol. The summed E-state index contributed by atoms with van der Waals surface area (Å²) in [7, 11) is 2.99. The van der Waals surface area contributed by atoms with Gasteiger partial charge in [-0.05, 0) is 24.1 Å². The molecule has 0 amide bonds. The quantitative estimate of drug-likeness (QED) is 0.601. The van der Waals surface area contributed by atoms with E-state index in [1.165, 1.54) is 43.0 Å². The molecule has 2 rings (SSSR count). The van der Waals surface area contributed by atoms with Crippen molar-refractivity contribution in [3.63, 3.8) is 0 Å². The first-order valence-corrected chi connectivity index (χ1v) is 11.3. The molecule has 2 unspecified atom stereocenters. The van der Waals surface area contributed by atoms with Crippen molar-refractivity contribution < 1.29 is 13.2 Å². The highest BCUT2D eigenvalue weighted by atomic mass is 32.2. The van der Waals surface area contributed by atoms with Crippen LogP contribution in [0, 0.1) is 0 Å². The van der Waals surface area contributed by atoms with Gasteiger partial charge in [0, 0.05) is 23.4 Å². The van der Waals surface area contributed by atoms with Gasteiger partial charge in [-0.15, -0.1) is 18.5 Å². The van der Waals surface area contributed by atoms with Crippen molar-refractivity contribution in [3.8, 4) is 5.75 Å². The van der Waals surface area contributed by atoms with Gasteiger partial charge < -0.3 is 4.74 Å². The van der Waals surface area contributed by atoms with Crippen LogP contribution in [0.4, 0.5) is 0 Å². The maximum atomic E-state index is 9.63.